The van der Waals surface area contributed by atoms with Crippen molar-refractivity contribution in [3.05, 3.63) is 24.5 Å². The van der Waals surface area contributed by atoms with E-state index in [1.54, 1.807) is 12.1 Å². The molecule has 2 aromatic heterocycles. The third kappa shape index (κ3) is 3.91. The number of amides is 1. The van der Waals surface area contributed by atoms with Gasteiger partial charge in [-0.05, 0) is 12.1 Å². The molecule has 0 aliphatic rings. The maximum atomic E-state index is 12.1. The molecule has 0 saturated heterocycles. The molecule has 1 aromatic carbocycles. The summed E-state index contributed by atoms with van der Waals surface area (Å²) in [4.78, 5) is 27.3. The number of methoxy groups -OCH3 is 1. The number of thioether (sulfide) groups is 1. The number of phenolic OH excluding ortho intramolecular Hbond substituents is 1. The molecular formula is C15H16N6O3S. The molecule has 0 aliphatic heterocycles. The van der Waals surface area contributed by atoms with Crippen LogP contribution in [-0.2, 0) is 4.79 Å². The van der Waals surface area contributed by atoms with Gasteiger partial charge < -0.3 is 25.9 Å². The van der Waals surface area contributed by atoms with E-state index < -0.39 is 0 Å². The standard InChI is InChI=1S/C15H16N6O3S/c1-24-10-6-8(2-3-9(10)22)19-11(23)4-5-25-14-12-13(18-7-17-12)20-15(16)21-14/h2-3,6-7,22H,4-5H2,1H3,(H,19,23)(H3,16,17,18,20,21). The molecule has 10 heteroatoms. The molecular weight excluding hydrogens is 344 g/mol. The van der Waals surface area contributed by atoms with E-state index >= 15 is 0 Å². The average molecular weight is 360 g/mol. The molecule has 0 bridgehead atoms. The number of fused-ring (bicyclic) bond motifs is 1. The Hall–Kier alpha value is -3.01. The van der Waals surface area contributed by atoms with Crippen LogP contribution in [0, 0.1) is 0 Å². The van der Waals surface area contributed by atoms with Gasteiger partial charge in [-0.1, -0.05) is 0 Å². The van der Waals surface area contributed by atoms with Gasteiger partial charge in [-0.15, -0.1) is 11.8 Å². The molecule has 0 spiro atoms. The fourth-order valence-electron chi connectivity index (χ4n) is 2.15. The molecule has 0 atom stereocenters. The van der Waals surface area contributed by atoms with Crippen molar-refractivity contribution in [3.63, 3.8) is 0 Å². The molecule has 0 saturated carbocycles. The lowest BCUT2D eigenvalue weighted by molar-refractivity contribution is -0.115. The van der Waals surface area contributed by atoms with Crippen LogP contribution in [0.1, 0.15) is 6.42 Å². The van der Waals surface area contributed by atoms with Crippen LogP contribution in [0.2, 0.25) is 0 Å². The number of aromatic amines is 1. The second-order valence-corrected chi connectivity index (χ2v) is 6.10. The fourth-order valence-corrected chi connectivity index (χ4v) is 3.08. The molecule has 130 valence electrons. The Morgan fingerprint density at radius 2 is 2.28 bits per heavy atom. The number of anilines is 2. The largest absolute Gasteiger partial charge is 0.504 e. The van der Waals surface area contributed by atoms with Gasteiger partial charge in [-0.25, -0.2) is 9.97 Å². The van der Waals surface area contributed by atoms with Crippen LogP contribution in [0.5, 0.6) is 11.5 Å². The van der Waals surface area contributed by atoms with Crippen LogP contribution in [0.4, 0.5) is 11.6 Å². The second-order valence-electron chi connectivity index (χ2n) is 5.02. The fraction of sp³-hybridized carbons (Fsp3) is 0.200. The lowest BCUT2D eigenvalue weighted by Gasteiger charge is -2.08. The monoisotopic (exact) mass is 360 g/mol. The molecule has 3 aromatic rings. The highest BCUT2D eigenvalue weighted by atomic mass is 32.2. The first-order valence-electron chi connectivity index (χ1n) is 7.33. The Morgan fingerprint density at radius 3 is 3.08 bits per heavy atom. The number of hydrogen-bond acceptors (Lipinski definition) is 8. The zero-order chi connectivity index (χ0) is 17.8. The molecule has 0 fully saturated rings. The zero-order valence-corrected chi connectivity index (χ0v) is 14.1. The minimum absolute atomic E-state index is 0.0148. The number of nitrogen functional groups attached to an aromatic ring is 1. The molecule has 2 heterocycles. The van der Waals surface area contributed by atoms with Crippen LogP contribution >= 0.6 is 11.8 Å². The number of rotatable bonds is 6. The van der Waals surface area contributed by atoms with Crippen molar-refractivity contribution >= 4 is 40.5 Å². The van der Waals surface area contributed by atoms with Gasteiger partial charge in [-0.2, -0.15) is 4.98 Å². The molecule has 3 rings (SSSR count). The third-order valence-electron chi connectivity index (χ3n) is 3.30. The number of imidazole rings is 1. The number of carbonyl (C=O) groups is 1. The topological polar surface area (TPSA) is 139 Å². The van der Waals surface area contributed by atoms with Crippen LogP contribution in [-0.4, -0.2) is 43.8 Å². The maximum absolute atomic E-state index is 12.1. The maximum Gasteiger partial charge on any atom is 0.225 e. The first-order chi connectivity index (χ1) is 12.1. The number of nitrogens with two attached hydrogens (primary N) is 1. The Bertz CT molecular complexity index is 913. The first kappa shape index (κ1) is 16.8. The first-order valence-corrected chi connectivity index (χ1v) is 8.31. The third-order valence-corrected chi connectivity index (χ3v) is 4.28. The van der Waals surface area contributed by atoms with Crippen LogP contribution in [0.15, 0.2) is 29.6 Å². The van der Waals surface area contributed by atoms with E-state index in [0.717, 1.165) is 0 Å². The molecule has 25 heavy (non-hydrogen) atoms. The second kappa shape index (κ2) is 7.26. The van der Waals surface area contributed by atoms with E-state index in [1.807, 2.05) is 0 Å². The number of nitrogens with zero attached hydrogens (tertiary/aromatic N) is 3. The Balaban J connectivity index is 1.58. The molecule has 0 unspecified atom stereocenters. The van der Waals surface area contributed by atoms with Crippen LogP contribution in [0.25, 0.3) is 11.2 Å². The molecule has 0 radical (unpaired) electrons. The van der Waals surface area contributed by atoms with Crippen LogP contribution < -0.4 is 15.8 Å². The minimum Gasteiger partial charge on any atom is -0.504 e. The SMILES string of the molecule is COc1cc(NC(=O)CCSc2nc(N)nc3nc[nH]c23)ccc1O. The number of hydrogen-bond donors (Lipinski definition) is 4. The van der Waals surface area contributed by atoms with Gasteiger partial charge in [-0.3, -0.25) is 4.79 Å². The Labute approximate surface area is 147 Å². The molecule has 9 nitrogen and oxygen atoms in total. The van der Waals surface area contributed by atoms with Crippen molar-refractivity contribution in [2.75, 3.05) is 23.9 Å². The van der Waals surface area contributed by atoms with Crippen molar-refractivity contribution in [1.82, 2.24) is 19.9 Å². The van der Waals surface area contributed by atoms with E-state index in [0.29, 0.717) is 33.4 Å². The van der Waals surface area contributed by atoms with Gasteiger partial charge in [0.2, 0.25) is 11.9 Å². The number of carbonyl (C=O) groups excluding carboxylic acids is 1. The number of ether oxygens (including phenoxy) is 1. The summed E-state index contributed by atoms with van der Waals surface area (Å²) in [6, 6.07) is 4.61. The smallest absolute Gasteiger partial charge is 0.225 e. The number of nitrogens with one attached hydrogen (secondary N) is 2. The van der Waals surface area contributed by atoms with Crippen molar-refractivity contribution in [1.29, 1.82) is 0 Å². The summed E-state index contributed by atoms with van der Waals surface area (Å²) in [5, 5.41) is 13.0. The number of aromatic hydroxyl groups is 1. The predicted molar refractivity (Wildman–Crippen MR) is 94.7 cm³/mol. The normalized spacial score (nSPS) is 10.8. The summed E-state index contributed by atoms with van der Waals surface area (Å²) in [6.45, 7) is 0. The summed E-state index contributed by atoms with van der Waals surface area (Å²) in [5.74, 6) is 0.795. The minimum atomic E-state index is -0.164. The number of aromatic nitrogens is 4. The van der Waals surface area contributed by atoms with Gasteiger partial charge >= 0.3 is 0 Å². The highest BCUT2D eigenvalue weighted by molar-refractivity contribution is 7.99. The summed E-state index contributed by atoms with van der Waals surface area (Å²) in [6.07, 6.45) is 1.79. The predicted octanol–water partition coefficient (Wildman–Crippen LogP) is 1.77. The van der Waals surface area contributed by atoms with Gasteiger partial charge in [0, 0.05) is 23.9 Å². The molecule has 0 aliphatic carbocycles. The van der Waals surface area contributed by atoms with Crippen molar-refractivity contribution in [3.8, 4) is 11.5 Å². The van der Waals surface area contributed by atoms with Crippen molar-refractivity contribution < 1.29 is 14.6 Å². The number of phenols is 1. The number of benzene rings is 1. The summed E-state index contributed by atoms with van der Waals surface area (Å²) >= 11 is 1.39. The van der Waals surface area contributed by atoms with E-state index in [9.17, 15) is 9.90 Å². The highest BCUT2D eigenvalue weighted by Crippen LogP contribution is 2.29. The van der Waals surface area contributed by atoms with E-state index in [1.165, 1.54) is 31.3 Å². The van der Waals surface area contributed by atoms with Gasteiger partial charge in [0.15, 0.2) is 17.1 Å². The van der Waals surface area contributed by atoms with Crippen LogP contribution in [0.3, 0.4) is 0 Å². The lowest BCUT2D eigenvalue weighted by Crippen LogP contribution is -2.12. The van der Waals surface area contributed by atoms with Gasteiger partial charge in [0.05, 0.1) is 13.4 Å². The Kier molecular flexibility index (Phi) is 4.89. The average Bonchev–Trinajstić information content (AvgIpc) is 3.05. The van der Waals surface area contributed by atoms with E-state index in [4.69, 9.17) is 10.5 Å². The summed E-state index contributed by atoms with van der Waals surface area (Å²) in [7, 11) is 1.45. The van der Waals surface area contributed by atoms with E-state index in [-0.39, 0.29) is 24.0 Å². The highest BCUT2D eigenvalue weighted by Gasteiger charge is 2.11. The molecule has 1 amide bonds. The Morgan fingerprint density at radius 1 is 1.44 bits per heavy atom. The van der Waals surface area contributed by atoms with Gasteiger partial charge in [0.1, 0.15) is 10.5 Å². The summed E-state index contributed by atoms with van der Waals surface area (Å²) < 4.78 is 5.01. The van der Waals surface area contributed by atoms with E-state index in [2.05, 4.69) is 25.3 Å². The number of H-pyrrole nitrogens is 1. The van der Waals surface area contributed by atoms with Gasteiger partial charge in [0.25, 0.3) is 0 Å². The molecule has 5 N–H and O–H groups in total. The zero-order valence-electron chi connectivity index (χ0n) is 13.3. The van der Waals surface area contributed by atoms with Crippen molar-refractivity contribution in [2.45, 2.75) is 11.4 Å². The summed E-state index contributed by atoms with van der Waals surface area (Å²) in [5.41, 5.74) is 7.40. The quantitative estimate of drug-likeness (QED) is 0.296. The van der Waals surface area contributed by atoms with Crippen molar-refractivity contribution in [2.24, 2.45) is 0 Å². The lowest BCUT2D eigenvalue weighted by atomic mass is 10.2.